The Morgan fingerprint density at radius 1 is 0.894 bits per heavy atom. The van der Waals surface area contributed by atoms with Crippen LogP contribution in [0.15, 0.2) is 108 Å². The Hall–Kier alpha value is -4.37. The van der Waals surface area contributed by atoms with Gasteiger partial charge in [0.15, 0.2) is 0 Å². The smallest absolute Gasteiger partial charge is 0.333 e. The van der Waals surface area contributed by atoms with Crippen LogP contribution >= 0.6 is 11.3 Å². The van der Waals surface area contributed by atoms with Gasteiger partial charge >= 0.3 is 5.97 Å². The first-order valence-corrected chi connectivity index (χ1v) is 16.7. The lowest BCUT2D eigenvalue weighted by atomic mass is 10.1. The molecule has 1 aromatic heterocycles. The zero-order valence-corrected chi connectivity index (χ0v) is 28.7. The lowest BCUT2D eigenvalue weighted by Gasteiger charge is -2.15. The van der Waals surface area contributed by atoms with Crippen LogP contribution in [-0.2, 0) is 38.7 Å². The molecular weight excluding hydrogens is 609 g/mol. The van der Waals surface area contributed by atoms with Crippen molar-refractivity contribution in [2.45, 2.75) is 66.4 Å². The second kappa shape index (κ2) is 20.0. The molecule has 2 N–H and O–H groups in total. The molecule has 0 saturated heterocycles. The fourth-order valence-electron chi connectivity index (χ4n) is 4.42. The first-order chi connectivity index (χ1) is 22.7. The number of hydrogen-bond donors (Lipinski definition) is 1. The molecule has 3 aromatic carbocycles. The molecule has 0 amide bonds. The third-order valence-corrected chi connectivity index (χ3v) is 7.97. The summed E-state index contributed by atoms with van der Waals surface area (Å²) in [5.41, 5.74) is 12.1. The number of carbonyl (C=O) groups excluding carboxylic acids is 2. The zero-order chi connectivity index (χ0) is 34.0. The fourth-order valence-corrected chi connectivity index (χ4v) is 5.20. The minimum Gasteiger partial charge on any atom is -0.489 e. The molecule has 0 bridgehead atoms. The number of esters is 1. The second-order valence-corrected chi connectivity index (χ2v) is 12.3. The van der Waals surface area contributed by atoms with Crippen molar-refractivity contribution in [2.75, 3.05) is 6.61 Å². The van der Waals surface area contributed by atoms with Crippen LogP contribution in [0.4, 0.5) is 0 Å². The van der Waals surface area contributed by atoms with Gasteiger partial charge in [0.05, 0.1) is 24.9 Å². The molecule has 0 aliphatic rings. The molecule has 0 radical (unpaired) electrons. The number of aromatic nitrogens is 1. The summed E-state index contributed by atoms with van der Waals surface area (Å²) in [5.74, 6) is 0.762. The highest BCUT2D eigenvalue weighted by Gasteiger charge is 2.13. The highest BCUT2D eigenvalue weighted by molar-refractivity contribution is 7.09. The van der Waals surface area contributed by atoms with E-state index in [1.165, 1.54) is 0 Å². The maximum atomic E-state index is 11.8. The maximum absolute atomic E-state index is 11.8. The van der Waals surface area contributed by atoms with Gasteiger partial charge in [-0.2, -0.15) is 0 Å². The van der Waals surface area contributed by atoms with Crippen LogP contribution in [0.25, 0.3) is 6.08 Å². The van der Waals surface area contributed by atoms with E-state index in [0.29, 0.717) is 31.8 Å². The van der Waals surface area contributed by atoms with Crippen LogP contribution in [0.2, 0.25) is 0 Å². The normalized spacial score (nSPS) is 12.9. The van der Waals surface area contributed by atoms with Gasteiger partial charge in [-0.25, -0.2) is 9.78 Å². The van der Waals surface area contributed by atoms with Crippen molar-refractivity contribution in [3.8, 4) is 5.75 Å². The number of nitrogens with two attached hydrogens (primary N) is 1. The Balaban J connectivity index is 0.000000358. The van der Waals surface area contributed by atoms with Gasteiger partial charge in [0, 0.05) is 11.0 Å². The third kappa shape index (κ3) is 13.5. The van der Waals surface area contributed by atoms with Crippen LogP contribution in [0, 0.1) is 5.92 Å². The summed E-state index contributed by atoms with van der Waals surface area (Å²) >= 11 is 1.54. The summed E-state index contributed by atoms with van der Waals surface area (Å²) in [6.45, 7) is 10.8. The van der Waals surface area contributed by atoms with Gasteiger partial charge in [0.1, 0.15) is 29.8 Å². The molecule has 0 saturated carbocycles. The van der Waals surface area contributed by atoms with Crippen molar-refractivity contribution >= 4 is 29.7 Å². The van der Waals surface area contributed by atoms with Crippen LogP contribution in [0.5, 0.6) is 5.75 Å². The quantitative estimate of drug-likeness (QED) is 0.0596. The standard InChI is InChI=1S/C27H30N2O3S.C12H16O2/c1-4-31-27(30)20(3)14-19(2)15-23-18-33-26(29-23)25(28)16-21-10-12-24(13-11-21)32-17-22-8-6-5-7-9-22;1-10(2)12(8-13)14-9-11-6-4-3-5-7-11/h5-15,18,25H,4,16-17,28H2,1-3H3;3-8,10,12H,9H2,1-2H3/b19-15+,20-14-;/t25-;/m0./s1. The lowest BCUT2D eigenvalue weighted by molar-refractivity contribution is -0.138. The van der Waals surface area contributed by atoms with E-state index in [-0.39, 0.29) is 24.0 Å². The number of allylic oxidation sites excluding steroid dienone is 2. The lowest BCUT2D eigenvalue weighted by Crippen LogP contribution is -2.20. The van der Waals surface area contributed by atoms with Gasteiger partial charge in [0.2, 0.25) is 0 Å². The summed E-state index contributed by atoms with van der Waals surface area (Å²) in [4.78, 5) is 27.1. The molecule has 0 fully saturated rings. The van der Waals surface area contributed by atoms with Crippen LogP contribution in [-0.4, -0.2) is 30.0 Å². The Bertz CT molecular complexity index is 1560. The van der Waals surface area contributed by atoms with Gasteiger partial charge in [-0.3, -0.25) is 0 Å². The Labute approximate surface area is 283 Å². The van der Waals surface area contributed by atoms with Gasteiger partial charge in [-0.1, -0.05) is 86.6 Å². The number of nitrogens with zero attached hydrogens (tertiary/aromatic N) is 1. The molecule has 47 heavy (non-hydrogen) atoms. The average molecular weight is 655 g/mol. The highest BCUT2D eigenvalue weighted by atomic mass is 32.1. The Morgan fingerprint density at radius 2 is 1.51 bits per heavy atom. The summed E-state index contributed by atoms with van der Waals surface area (Å²) < 4.78 is 16.3. The van der Waals surface area contributed by atoms with E-state index in [4.69, 9.17) is 19.9 Å². The number of thiazole rings is 1. The van der Waals surface area contributed by atoms with Gasteiger partial charge in [-0.15, -0.1) is 11.3 Å². The third-order valence-electron chi connectivity index (χ3n) is 6.98. The van der Waals surface area contributed by atoms with E-state index >= 15 is 0 Å². The molecule has 248 valence electrons. The van der Waals surface area contributed by atoms with Crippen molar-refractivity contribution in [1.29, 1.82) is 0 Å². The average Bonchev–Trinajstić information content (AvgIpc) is 3.54. The molecule has 4 aromatic rings. The molecular formula is C39H46N2O5S. The summed E-state index contributed by atoms with van der Waals surface area (Å²) in [5, 5.41) is 2.86. The van der Waals surface area contributed by atoms with E-state index in [9.17, 15) is 9.59 Å². The predicted octanol–water partition coefficient (Wildman–Crippen LogP) is 8.30. The van der Waals surface area contributed by atoms with Crippen LogP contribution in [0.1, 0.15) is 68.1 Å². The summed E-state index contributed by atoms with van der Waals surface area (Å²) in [6, 6.07) is 27.8. The molecule has 1 heterocycles. The topological polar surface area (TPSA) is 101 Å². The summed E-state index contributed by atoms with van der Waals surface area (Å²) in [6.07, 6.45) is 5.01. The number of hydrogen-bond acceptors (Lipinski definition) is 8. The minimum absolute atomic E-state index is 0.189. The van der Waals surface area contributed by atoms with Crippen molar-refractivity contribution in [1.82, 2.24) is 4.98 Å². The fraction of sp³-hybridized carbons (Fsp3) is 0.308. The molecule has 0 spiro atoms. The minimum atomic E-state index is -0.303. The molecule has 0 aliphatic heterocycles. The summed E-state index contributed by atoms with van der Waals surface area (Å²) in [7, 11) is 0. The first-order valence-electron chi connectivity index (χ1n) is 15.8. The number of aldehydes is 1. The SMILES string of the molecule is CC(C)C(C=O)OCc1ccccc1.CCOC(=O)/C(C)=C\C(C)=C\c1csc([C@@H](N)Cc2ccc(OCc3ccccc3)cc2)n1. The number of rotatable bonds is 15. The molecule has 0 aliphatic carbocycles. The first kappa shape index (κ1) is 37.1. The predicted molar refractivity (Wildman–Crippen MR) is 190 cm³/mol. The highest BCUT2D eigenvalue weighted by Crippen LogP contribution is 2.23. The monoisotopic (exact) mass is 654 g/mol. The van der Waals surface area contributed by atoms with E-state index in [1.54, 1.807) is 31.3 Å². The van der Waals surface area contributed by atoms with Crippen molar-refractivity contribution < 1.29 is 23.8 Å². The second-order valence-electron chi connectivity index (χ2n) is 11.4. The number of ether oxygens (including phenoxy) is 3. The molecule has 8 heteroatoms. The number of benzene rings is 3. The van der Waals surface area contributed by atoms with E-state index in [0.717, 1.165) is 45.0 Å². The van der Waals surface area contributed by atoms with Gasteiger partial charge in [-0.05, 0) is 79.7 Å². The van der Waals surface area contributed by atoms with Gasteiger partial charge in [0.25, 0.3) is 0 Å². The van der Waals surface area contributed by atoms with Gasteiger partial charge < -0.3 is 24.7 Å². The van der Waals surface area contributed by atoms with E-state index < -0.39 is 0 Å². The molecule has 7 nitrogen and oxygen atoms in total. The molecule has 1 unspecified atom stereocenters. The van der Waals surface area contributed by atoms with Crippen molar-refractivity contribution in [3.05, 3.63) is 135 Å². The van der Waals surface area contributed by atoms with Crippen molar-refractivity contribution in [3.63, 3.8) is 0 Å². The zero-order valence-electron chi connectivity index (χ0n) is 27.9. The Morgan fingerprint density at radius 3 is 2.09 bits per heavy atom. The molecule has 2 atom stereocenters. The van der Waals surface area contributed by atoms with Crippen LogP contribution in [0.3, 0.4) is 0 Å². The number of carbonyl (C=O) groups is 2. The van der Waals surface area contributed by atoms with E-state index in [1.807, 2.05) is 117 Å². The largest absolute Gasteiger partial charge is 0.489 e. The van der Waals surface area contributed by atoms with E-state index in [2.05, 4.69) is 4.98 Å². The maximum Gasteiger partial charge on any atom is 0.333 e. The Kier molecular flexibility index (Phi) is 15.8. The van der Waals surface area contributed by atoms with Crippen LogP contribution < -0.4 is 10.5 Å². The van der Waals surface area contributed by atoms with Crippen molar-refractivity contribution in [2.24, 2.45) is 11.7 Å². The molecule has 4 rings (SSSR count).